The van der Waals surface area contributed by atoms with Crippen LogP contribution >= 0.6 is 0 Å². The first kappa shape index (κ1) is 21.0. The fourth-order valence-corrected chi connectivity index (χ4v) is 5.00. The first-order chi connectivity index (χ1) is 14.4. The van der Waals surface area contributed by atoms with Crippen molar-refractivity contribution in [2.75, 3.05) is 27.7 Å². The molecule has 1 aliphatic carbocycles. The quantitative estimate of drug-likeness (QED) is 0.640. The van der Waals surface area contributed by atoms with E-state index in [1.807, 2.05) is 7.05 Å². The summed E-state index contributed by atoms with van der Waals surface area (Å²) in [4.78, 5) is 12.4. The molecule has 1 atom stereocenters. The van der Waals surface area contributed by atoms with Gasteiger partial charge in [0.1, 0.15) is 5.82 Å². The van der Waals surface area contributed by atoms with Crippen LogP contribution in [-0.2, 0) is 19.4 Å². The normalized spacial score (nSPS) is 16.9. The van der Waals surface area contributed by atoms with E-state index in [-0.39, 0.29) is 5.41 Å². The molecular formula is C25H35N5. The number of nitrogens with one attached hydrogen (secondary N) is 1. The molecule has 30 heavy (non-hydrogen) atoms. The predicted octanol–water partition coefficient (Wildman–Crippen LogP) is 4.21. The van der Waals surface area contributed by atoms with E-state index in [9.17, 15) is 0 Å². The van der Waals surface area contributed by atoms with Crippen molar-refractivity contribution in [3.8, 4) is 0 Å². The molecule has 1 aliphatic rings. The minimum atomic E-state index is 0.141. The van der Waals surface area contributed by atoms with Gasteiger partial charge in [0.25, 0.3) is 0 Å². The van der Waals surface area contributed by atoms with Gasteiger partial charge in [-0.05, 0) is 69.6 Å². The Bertz CT molecular complexity index is 1020. The number of benzene rings is 1. The van der Waals surface area contributed by atoms with Crippen LogP contribution in [0, 0.1) is 5.41 Å². The summed E-state index contributed by atoms with van der Waals surface area (Å²) in [6.45, 7) is 6.63. The van der Waals surface area contributed by atoms with E-state index in [1.165, 1.54) is 23.2 Å². The number of hydrogen-bond acceptors (Lipinski definition) is 4. The molecule has 1 aromatic carbocycles. The zero-order valence-corrected chi connectivity index (χ0v) is 19.1. The number of para-hydroxylation sites is 2. The Morgan fingerprint density at radius 1 is 1.13 bits per heavy atom. The first-order valence-electron chi connectivity index (χ1n) is 11.1. The topological polar surface area (TPSA) is 46.0 Å². The molecule has 0 spiro atoms. The highest BCUT2D eigenvalue weighted by molar-refractivity contribution is 5.76. The van der Waals surface area contributed by atoms with E-state index in [0.29, 0.717) is 6.04 Å². The van der Waals surface area contributed by atoms with Gasteiger partial charge in [-0.1, -0.05) is 32.0 Å². The molecule has 2 heterocycles. The molecule has 4 rings (SSSR count). The van der Waals surface area contributed by atoms with Gasteiger partial charge in [0.2, 0.25) is 0 Å². The van der Waals surface area contributed by atoms with Crippen molar-refractivity contribution in [1.82, 2.24) is 24.8 Å². The Balaban J connectivity index is 1.69. The molecule has 1 unspecified atom stereocenters. The average molecular weight is 406 g/mol. The van der Waals surface area contributed by atoms with E-state index in [1.54, 1.807) is 0 Å². The minimum absolute atomic E-state index is 0.141. The summed E-state index contributed by atoms with van der Waals surface area (Å²) in [5.41, 5.74) is 6.16. The number of imidazole rings is 1. The highest BCUT2D eigenvalue weighted by atomic mass is 15.1. The molecule has 5 nitrogen and oxygen atoms in total. The van der Waals surface area contributed by atoms with Crippen molar-refractivity contribution in [2.45, 2.75) is 52.1 Å². The fourth-order valence-electron chi connectivity index (χ4n) is 5.00. The minimum Gasteiger partial charge on any atom is -0.327 e. The molecular weight excluding hydrogens is 370 g/mol. The number of pyridine rings is 1. The average Bonchev–Trinajstić information content (AvgIpc) is 3.03. The van der Waals surface area contributed by atoms with Gasteiger partial charge < -0.3 is 14.8 Å². The first-order valence-corrected chi connectivity index (χ1v) is 11.1. The smallest absolute Gasteiger partial charge is 0.115 e. The van der Waals surface area contributed by atoms with Crippen LogP contribution in [0.1, 0.15) is 55.5 Å². The van der Waals surface area contributed by atoms with Crippen molar-refractivity contribution in [2.24, 2.45) is 5.41 Å². The monoisotopic (exact) mass is 405 g/mol. The van der Waals surface area contributed by atoms with Crippen molar-refractivity contribution in [1.29, 1.82) is 0 Å². The summed E-state index contributed by atoms with van der Waals surface area (Å²) in [6, 6.07) is 13.3. The number of rotatable bonds is 7. The zero-order chi connectivity index (χ0) is 21.3. The summed E-state index contributed by atoms with van der Waals surface area (Å²) in [5, 5.41) is 3.45. The second-order valence-electron chi connectivity index (χ2n) is 9.76. The molecule has 1 N–H and O–H groups in total. The van der Waals surface area contributed by atoms with E-state index in [0.717, 1.165) is 49.4 Å². The number of aryl methyl sites for hydroxylation is 1. The maximum atomic E-state index is 5.09. The Hall–Kier alpha value is -2.24. The number of aromatic nitrogens is 3. The molecule has 0 saturated carbocycles. The number of hydrogen-bond donors (Lipinski definition) is 1. The largest absolute Gasteiger partial charge is 0.327 e. The van der Waals surface area contributed by atoms with Crippen LogP contribution in [0.5, 0.6) is 0 Å². The van der Waals surface area contributed by atoms with Gasteiger partial charge in [0.15, 0.2) is 0 Å². The SMILES string of the molecule is CNC1CCCc2ccc(Cc3nc4ccccc4n3CC(C)(C)CN(C)C)nc21. The molecule has 160 valence electrons. The highest BCUT2D eigenvalue weighted by Gasteiger charge is 2.24. The van der Waals surface area contributed by atoms with Crippen LogP contribution in [0.25, 0.3) is 11.0 Å². The van der Waals surface area contributed by atoms with Gasteiger partial charge in [0, 0.05) is 31.2 Å². The van der Waals surface area contributed by atoms with Gasteiger partial charge in [-0.15, -0.1) is 0 Å². The van der Waals surface area contributed by atoms with Gasteiger partial charge in [-0.3, -0.25) is 4.98 Å². The molecule has 2 aromatic heterocycles. The summed E-state index contributed by atoms with van der Waals surface area (Å²) in [7, 11) is 6.33. The summed E-state index contributed by atoms with van der Waals surface area (Å²) >= 11 is 0. The third kappa shape index (κ3) is 4.42. The summed E-state index contributed by atoms with van der Waals surface area (Å²) < 4.78 is 2.41. The predicted molar refractivity (Wildman–Crippen MR) is 124 cm³/mol. The van der Waals surface area contributed by atoms with Gasteiger partial charge in [-0.25, -0.2) is 4.98 Å². The lowest BCUT2D eigenvalue weighted by molar-refractivity contribution is 0.211. The lowest BCUT2D eigenvalue weighted by atomic mass is 9.91. The van der Waals surface area contributed by atoms with Gasteiger partial charge in [0.05, 0.1) is 16.7 Å². The highest BCUT2D eigenvalue weighted by Crippen LogP contribution is 2.29. The third-order valence-corrected chi connectivity index (χ3v) is 6.09. The lowest BCUT2D eigenvalue weighted by Crippen LogP contribution is -2.32. The number of fused-ring (bicyclic) bond motifs is 2. The zero-order valence-electron chi connectivity index (χ0n) is 19.1. The van der Waals surface area contributed by atoms with Crippen molar-refractivity contribution in [3.63, 3.8) is 0 Å². The van der Waals surface area contributed by atoms with E-state index in [2.05, 4.69) is 79.1 Å². The lowest BCUT2D eigenvalue weighted by Gasteiger charge is -2.29. The van der Waals surface area contributed by atoms with Crippen LogP contribution in [0.15, 0.2) is 36.4 Å². The standard InChI is InChI=1S/C25H35N5/c1-25(2,16-29(4)5)17-30-22-12-7-6-10-20(22)28-23(30)15-19-14-13-18-9-8-11-21(26-3)24(18)27-19/h6-7,10,12-14,21,26H,8-9,11,15-17H2,1-5H3. The van der Waals surface area contributed by atoms with Gasteiger partial charge >= 0.3 is 0 Å². The molecule has 0 saturated heterocycles. The number of nitrogens with zero attached hydrogens (tertiary/aromatic N) is 4. The second-order valence-corrected chi connectivity index (χ2v) is 9.76. The van der Waals surface area contributed by atoms with Crippen LogP contribution in [0.4, 0.5) is 0 Å². The molecule has 0 radical (unpaired) electrons. The maximum Gasteiger partial charge on any atom is 0.115 e. The Labute approximate surface area is 180 Å². The van der Waals surface area contributed by atoms with E-state index < -0.39 is 0 Å². The molecule has 5 heteroatoms. The Morgan fingerprint density at radius 3 is 2.70 bits per heavy atom. The van der Waals surface area contributed by atoms with Crippen LogP contribution in [-0.4, -0.2) is 47.1 Å². The van der Waals surface area contributed by atoms with Gasteiger partial charge in [-0.2, -0.15) is 0 Å². The van der Waals surface area contributed by atoms with Crippen molar-refractivity contribution < 1.29 is 0 Å². The third-order valence-electron chi connectivity index (χ3n) is 6.09. The molecule has 0 aliphatic heterocycles. The summed E-state index contributed by atoms with van der Waals surface area (Å²) in [6.07, 6.45) is 4.29. The van der Waals surface area contributed by atoms with E-state index >= 15 is 0 Å². The molecule has 0 bridgehead atoms. The molecule has 3 aromatic rings. The Kier molecular flexibility index (Phi) is 5.94. The van der Waals surface area contributed by atoms with Crippen molar-refractivity contribution in [3.05, 3.63) is 59.2 Å². The second kappa shape index (κ2) is 8.48. The van der Waals surface area contributed by atoms with Crippen LogP contribution in [0.3, 0.4) is 0 Å². The Morgan fingerprint density at radius 2 is 1.93 bits per heavy atom. The molecule has 0 amide bonds. The van der Waals surface area contributed by atoms with Crippen LogP contribution in [0.2, 0.25) is 0 Å². The molecule has 0 fully saturated rings. The summed E-state index contributed by atoms with van der Waals surface area (Å²) in [5.74, 6) is 1.10. The van der Waals surface area contributed by atoms with E-state index in [4.69, 9.17) is 9.97 Å². The maximum absolute atomic E-state index is 5.09. The fraction of sp³-hybridized carbons (Fsp3) is 0.520. The van der Waals surface area contributed by atoms with Crippen molar-refractivity contribution >= 4 is 11.0 Å². The van der Waals surface area contributed by atoms with Crippen LogP contribution < -0.4 is 5.32 Å².